The van der Waals surface area contributed by atoms with Crippen LogP contribution in [0.3, 0.4) is 0 Å². The second kappa shape index (κ2) is 7.68. The SMILES string of the molecule is COc1ccccc1[C@H](C)NS(=O)(=O)c1cc2c(cc1OC)CCCC2. The highest BCUT2D eigenvalue weighted by molar-refractivity contribution is 7.89. The van der Waals surface area contributed by atoms with Crippen molar-refractivity contribution in [3.8, 4) is 11.5 Å². The van der Waals surface area contributed by atoms with Gasteiger partial charge in [0.15, 0.2) is 0 Å². The third-order valence-electron chi connectivity index (χ3n) is 4.85. The Labute approximate surface area is 155 Å². The number of hydrogen-bond donors (Lipinski definition) is 1. The summed E-state index contributed by atoms with van der Waals surface area (Å²) in [4.78, 5) is 0.197. The fourth-order valence-corrected chi connectivity index (χ4v) is 4.92. The first-order valence-electron chi connectivity index (χ1n) is 8.81. The average Bonchev–Trinajstić information content (AvgIpc) is 2.66. The summed E-state index contributed by atoms with van der Waals surface area (Å²) in [5, 5.41) is 0. The molecule has 2 aromatic carbocycles. The molecule has 1 aliphatic rings. The Bertz CT molecular complexity index is 893. The smallest absolute Gasteiger partial charge is 0.244 e. The fraction of sp³-hybridized carbons (Fsp3) is 0.400. The Kier molecular flexibility index (Phi) is 5.53. The minimum atomic E-state index is -3.74. The zero-order chi connectivity index (χ0) is 18.7. The van der Waals surface area contributed by atoms with Crippen molar-refractivity contribution in [3.63, 3.8) is 0 Å². The van der Waals surface area contributed by atoms with Crippen LogP contribution < -0.4 is 14.2 Å². The number of para-hydroxylation sites is 1. The minimum absolute atomic E-state index is 0.197. The largest absolute Gasteiger partial charge is 0.496 e. The van der Waals surface area contributed by atoms with Gasteiger partial charge in [0.2, 0.25) is 10.0 Å². The Morgan fingerprint density at radius 2 is 1.58 bits per heavy atom. The lowest BCUT2D eigenvalue weighted by Crippen LogP contribution is -2.28. The lowest BCUT2D eigenvalue weighted by atomic mass is 9.92. The highest BCUT2D eigenvalue weighted by Crippen LogP contribution is 2.33. The van der Waals surface area contributed by atoms with Gasteiger partial charge < -0.3 is 9.47 Å². The van der Waals surface area contributed by atoms with Crippen molar-refractivity contribution in [3.05, 3.63) is 53.1 Å². The van der Waals surface area contributed by atoms with Crippen LogP contribution in [0.5, 0.6) is 11.5 Å². The highest BCUT2D eigenvalue weighted by Gasteiger charge is 2.26. The van der Waals surface area contributed by atoms with Gasteiger partial charge in [-0.3, -0.25) is 0 Å². The van der Waals surface area contributed by atoms with Gasteiger partial charge in [0.05, 0.1) is 14.2 Å². The van der Waals surface area contributed by atoms with E-state index in [0.717, 1.165) is 36.8 Å². The van der Waals surface area contributed by atoms with Crippen molar-refractivity contribution < 1.29 is 17.9 Å². The van der Waals surface area contributed by atoms with E-state index in [1.165, 1.54) is 12.7 Å². The molecule has 0 bridgehead atoms. The quantitative estimate of drug-likeness (QED) is 0.837. The normalized spacial score (nSPS) is 15.2. The molecular formula is C20H25NO4S. The molecule has 6 heteroatoms. The van der Waals surface area contributed by atoms with Crippen LogP contribution in [0.1, 0.15) is 42.5 Å². The monoisotopic (exact) mass is 375 g/mol. The number of rotatable bonds is 6. The van der Waals surface area contributed by atoms with Gasteiger partial charge in [-0.2, -0.15) is 0 Å². The van der Waals surface area contributed by atoms with Gasteiger partial charge >= 0.3 is 0 Å². The van der Waals surface area contributed by atoms with E-state index in [1.807, 2.05) is 30.3 Å². The fourth-order valence-electron chi connectivity index (χ4n) is 3.49. The van der Waals surface area contributed by atoms with E-state index >= 15 is 0 Å². The van der Waals surface area contributed by atoms with E-state index in [2.05, 4.69) is 4.72 Å². The molecule has 0 fully saturated rings. The number of benzene rings is 2. The van der Waals surface area contributed by atoms with E-state index < -0.39 is 16.1 Å². The number of sulfonamides is 1. The molecule has 1 aliphatic carbocycles. The van der Waals surface area contributed by atoms with Gasteiger partial charge in [0.1, 0.15) is 16.4 Å². The summed E-state index contributed by atoms with van der Waals surface area (Å²) in [6.45, 7) is 1.81. The van der Waals surface area contributed by atoms with Crippen molar-refractivity contribution >= 4 is 10.0 Å². The van der Waals surface area contributed by atoms with Crippen LogP contribution in [-0.2, 0) is 22.9 Å². The Balaban J connectivity index is 1.95. The van der Waals surface area contributed by atoms with Crippen LogP contribution in [0.2, 0.25) is 0 Å². The summed E-state index contributed by atoms with van der Waals surface area (Å²) in [6, 6.07) is 10.6. The summed E-state index contributed by atoms with van der Waals surface area (Å²) in [7, 11) is -0.656. The van der Waals surface area contributed by atoms with Crippen LogP contribution in [0, 0.1) is 0 Å². The number of methoxy groups -OCH3 is 2. The third-order valence-corrected chi connectivity index (χ3v) is 6.42. The molecule has 26 heavy (non-hydrogen) atoms. The summed E-state index contributed by atoms with van der Waals surface area (Å²) in [6.07, 6.45) is 4.09. The summed E-state index contributed by atoms with van der Waals surface area (Å²) in [5.41, 5.74) is 3.07. The number of ether oxygens (including phenoxy) is 2. The molecule has 0 saturated carbocycles. The van der Waals surface area contributed by atoms with E-state index in [4.69, 9.17) is 9.47 Å². The van der Waals surface area contributed by atoms with Crippen LogP contribution >= 0.6 is 0 Å². The lowest BCUT2D eigenvalue weighted by Gasteiger charge is -2.21. The number of nitrogens with one attached hydrogen (secondary N) is 1. The summed E-state index contributed by atoms with van der Waals surface area (Å²) >= 11 is 0. The van der Waals surface area contributed by atoms with Gasteiger partial charge in [-0.1, -0.05) is 18.2 Å². The van der Waals surface area contributed by atoms with Gasteiger partial charge in [0.25, 0.3) is 0 Å². The highest BCUT2D eigenvalue weighted by atomic mass is 32.2. The number of aryl methyl sites for hydroxylation is 2. The number of fused-ring (bicyclic) bond motifs is 1. The topological polar surface area (TPSA) is 64.6 Å². The molecule has 0 spiro atoms. The molecular weight excluding hydrogens is 350 g/mol. The lowest BCUT2D eigenvalue weighted by molar-refractivity contribution is 0.399. The van der Waals surface area contributed by atoms with E-state index in [1.54, 1.807) is 20.1 Å². The maximum atomic E-state index is 13.0. The van der Waals surface area contributed by atoms with Crippen LogP contribution in [0.15, 0.2) is 41.3 Å². The zero-order valence-electron chi connectivity index (χ0n) is 15.4. The maximum absolute atomic E-state index is 13.0. The second-order valence-corrected chi connectivity index (χ2v) is 8.25. The second-order valence-electron chi connectivity index (χ2n) is 6.56. The molecule has 0 amide bonds. The van der Waals surface area contributed by atoms with E-state index in [9.17, 15) is 8.42 Å². The third kappa shape index (κ3) is 3.71. The van der Waals surface area contributed by atoms with Crippen molar-refractivity contribution in [1.82, 2.24) is 4.72 Å². The average molecular weight is 375 g/mol. The minimum Gasteiger partial charge on any atom is -0.496 e. The first kappa shape index (κ1) is 18.7. The van der Waals surface area contributed by atoms with Gasteiger partial charge in [-0.15, -0.1) is 0 Å². The first-order valence-corrected chi connectivity index (χ1v) is 10.3. The molecule has 0 heterocycles. The molecule has 1 N–H and O–H groups in total. The summed E-state index contributed by atoms with van der Waals surface area (Å²) < 4.78 is 39.6. The number of hydrogen-bond acceptors (Lipinski definition) is 4. The predicted molar refractivity (Wildman–Crippen MR) is 101 cm³/mol. The van der Waals surface area contributed by atoms with Crippen molar-refractivity contribution in [1.29, 1.82) is 0 Å². The summed E-state index contributed by atoms with van der Waals surface area (Å²) in [5.74, 6) is 1.05. The molecule has 5 nitrogen and oxygen atoms in total. The van der Waals surface area contributed by atoms with Crippen LogP contribution in [0.4, 0.5) is 0 Å². The first-order chi connectivity index (χ1) is 12.5. The molecule has 2 aromatic rings. The predicted octanol–water partition coefficient (Wildman–Crippen LogP) is 3.62. The van der Waals surface area contributed by atoms with Crippen molar-refractivity contribution in [2.45, 2.75) is 43.5 Å². The van der Waals surface area contributed by atoms with Crippen LogP contribution in [-0.4, -0.2) is 22.6 Å². The molecule has 0 saturated heterocycles. The van der Waals surface area contributed by atoms with E-state index in [0.29, 0.717) is 11.5 Å². The standard InChI is InChI=1S/C20H25NO4S/c1-14(17-10-6-7-11-18(17)24-2)21-26(22,23)20-13-16-9-5-4-8-15(16)12-19(20)25-3/h6-7,10-14,21H,4-5,8-9H2,1-3H3/t14-/m0/s1. The molecule has 1 atom stereocenters. The zero-order valence-corrected chi connectivity index (χ0v) is 16.2. The Morgan fingerprint density at radius 1 is 0.962 bits per heavy atom. The van der Waals surface area contributed by atoms with Gasteiger partial charge in [0, 0.05) is 11.6 Å². The molecule has 0 radical (unpaired) electrons. The molecule has 0 aromatic heterocycles. The van der Waals surface area contributed by atoms with Gasteiger partial charge in [-0.05, 0) is 61.9 Å². The maximum Gasteiger partial charge on any atom is 0.244 e. The van der Waals surface area contributed by atoms with Crippen LogP contribution in [0.25, 0.3) is 0 Å². The van der Waals surface area contributed by atoms with E-state index in [-0.39, 0.29) is 4.90 Å². The molecule has 140 valence electrons. The van der Waals surface area contributed by atoms with Crippen molar-refractivity contribution in [2.75, 3.05) is 14.2 Å². The van der Waals surface area contributed by atoms with Gasteiger partial charge in [-0.25, -0.2) is 13.1 Å². The Morgan fingerprint density at radius 3 is 2.23 bits per heavy atom. The molecule has 0 unspecified atom stereocenters. The Hall–Kier alpha value is -2.05. The molecule has 3 rings (SSSR count). The van der Waals surface area contributed by atoms with Crippen molar-refractivity contribution in [2.24, 2.45) is 0 Å². The molecule has 0 aliphatic heterocycles.